The molecule has 77 heavy (non-hydrogen) atoms. The number of rotatable bonds is 61. The second-order valence-corrected chi connectivity index (χ2v) is 25.2. The topological polar surface area (TPSA) is 108 Å². The van der Waals surface area contributed by atoms with Crippen LogP contribution in [0.4, 0.5) is 0 Å². The number of carbonyl (C=O) groups is 1. The number of aliphatic hydroxyl groups excluding tert-OH is 1. The highest BCUT2D eigenvalue weighted by molar-refractivity contribution is 7.45. The molecule has 2 N–H and O–H groups in total. The van der Waals surface area contributed by atoms with Gasteiger partial charge in [-0.15, -0.1) is 0 Å². The number of nitrogens with zero attached hydrogens (tertiary/aromatic N) is 1. The van der Waals surface area contributed by atoms with Crippen LogP contribution < -0.4 is 10.2 Å². The van der Waals surface area contributed by atoms with E-state index in [2.05, 4.69) is 67.8 Å². The lowest BCUT2D eigenvalue weighted by atomic mass is 10.0. The van der Waals surface area contributed by atoms with Crippen LogP contribution in [0.5, 0.6) is 0 Å². The van der Waals surface area contributed by atoms with Crippen molar-refractivity contribution >= 4 is 13.7 Å². The first-order valence-corrected chi connectivity index (χ1v) is 34.6. The van der Waals surface area contributed by atoms with E-state index in [4.69, 9.17) is 9.05 Å². The lowest BCUT2D eigenvalue weighted by Gasteiger charge is -2.29. The molecule has 0 saturated heterocycles. The van der Waals surface area contributed by atoms with E-state index in [1.807, 2.05) is 27.2 Å². The van der Waals surface area contributed by atoms with Gasteiger partial charge in [0.1, 0.15) is 13.2 Å². The van der Waals surface area contributed by atoms with Gasteiger partial charge in [-0.25, -0.2) is 0 Å². The molecule has 0 aliphatic heterocycles. The minimum absolute atomic E-state index is 0.00782. The van der Waals surface area contributed by atoms with Crippen LogP contribution in [0, 0.1) is 0 Å². The van der Waals surface area contributed by atoms with Crippen molar-refractivity contribution in [2.45, 2.75) is 328 Å². The van der Waals surface area contributed by atoms with Crippen molar-refractivity contribution in [3.63, 3.8) is 0 Å². The Morgan fingerprint density at radius 2 is 0.766 bits per heavy atom. The molecular weight excluding hydrogens is 972 g/mol. The highest BCUT2D eigenvalue weighted by atomic mass is 31.2. The zero-order chi connectivity index (χ0) is 56.3. The maximum Gasteiger partial charge on any atom is 0.268 e. The Labute approximate surface area is 479 Å². The van der Waals surface area contributed by atoms with Gasteiger partial charge >= 0.3 is 0 Å². The molecule has 0 fully saturated rings. The van der Waals surface area contributed by atoms with E-state index in [0.717, 1.165) is 51.4 Å². The van der Waals surface area contributed by atoms with Crippen molar-refractivity contribution in [3.8, 4) is 0 Å². The minimum atomic E-state index is -4.61. The van der Waals surface area contributed by atoms with Crippen molar-refractivity contribution in [2.75, 3.05) is 40.9 Å². The molecule has 0 aliphatic rings. The van der Waals surface area contributed by atoms with Crippen LogP contribution in [0.25, 0.3) is 0 Å². The number of unbranched alkanes of at least 4 members (excludes halogenated alkanes) is 40. The summed E-state index contributed by atoms with van der Waals surface area (Å²) in [6.07, 6.45) is 80.4. The number of amides is 1. The highest BCUT2D eigenvalue weighted by Gasteiger charge is 2.23. The Morgan fingerprint density at radius 3 is 1.14 bits per heavy atom. The molecule has 0 aromatic carbocycles. The predicted molar refractivity (Wildman–Crippen MR) is 334 cm³/mol. The zero-order valence-corrected chi connectivity index (χ0v) is 52.6. The van der Waals surface area contributed by atoms with E-state index < -0.39 is 26.6 Å². The van der Waals surface area contributed by atoms with Gasteiger partial charge in [-0.3, -0.25) is 9.36 Å². The smallest absolute Gasteiger partial charge is 0.268 e. The van der Waals surface area contributed by atoms with Crippen LogP contribution in [0.2, 0.25) is 0 Å². The molecule has 0 aliphatic carbocycles. The van der Waals surface area contributed by atoms with Gasteiger partial charge in [-0.1, -0.05) is 299 Å². The number of phosphoric ester groups is 1. The lowest BCUT2D eigenvalue weighted by Crippen LogP contribution is -2.45. The summed E-state index contributed by atoms with van der Waals surface area (Å²) in [7, 11) is 1.25. The summed E-state index contributed by atoms with van der Waals surface area (Å²) >= 11 is 0. The predicted octanol–water partition coefficient (Wildman–Crippen LogP) is 20.2. The monoisotopic (exact) mass is 1100 g/mol. The normalized spacial score (nSPS) is 14.1. The molecule has 0 saturated carbocycles. The van der Waals surface area contributed by atoms with Crippen LogP contribution in [0.3, 0.4) is 0 Å². The summed E-state index contributed by atoms with van der Waals surface area (Å²) in [4.78, 5) is 25.6. The number of hydrogen-bond acceptors (Lipinski definition) is 6. The Balaban J connectivity index is 4.16. The number of quaternary nitrogens is 1. The Bertz CT molecular complexity index is 1440. The summed E-state index contributed by atoms with van der Waals surface area (Å²) in [6, 6.07) is -0.908. The summed E-state index contributed by atoms with van der Waals surface area (Å²) in [5, 5.41) is 13.9. The van der Waals surface area contributed by atoms with Crippen molar-refractivity contribution in [1.29, 1.82) is 0 Å². The maximum absolute atomic E-state index is 13.0. The van der Waals surface area contributed by atoms with Crippen molar-refractivity contribution < 1.29 is 32.9 Å². The number of aliphatic hydroxyl groups is 1. The molecule has 452 valence electrons. The van der Waals surface area contributed by atoms with Crippen LogP contribution in [0.1, 0.15) is 316 Å². The number of nitrogens with one attached hydrogen (secondary N) is 1. The molecule has 0 spiro atoms. The molecule has 9 heteroatoms. The first-order valence-electron chi connectivity index (χ1n) is 33.2. The van der Waals surface area contributed by atoms with Gasteiger partial charge in [0.25, 0.3) is 7.82 Å². The number of carbonyl (C=O) groups excluding carboxylic acids is 1. The molecule has 0 radical (unpaired) electrons. The molecule has 1 amide bonds. The average Bonchev–Trinajstić information content (AvgIpc) is 3.39. The summed E-state index contributed by atoms with van der Waals surface area (Å²) in [5.74, 6) is -0.207. The Morgan fingerprint density at radius 1 is 0.455 bits per heavy atom. The van der Waals surface area contributed by atoms with Crippen molar-refractivity contribution in [2.24, 2.45) is 0 Å². The fourth-order valence-corrected chi connectivity index (χ4v) is 10.5. The quantitative estimate of drug-likeness (QED) is 0.0272. The largest absolute Gasteiger partial charge is 0.756 e. The Hall–Kier alpha value is -1.80. The maximum atomic E-state index is 13.0. The van der Waals surface area contributed by atoms with E-state index in [-0.39, 0.29) is 12.5 Å². The van der Waals surface area contributed by atoms with E-state index in [1.54, 1.807) is 6.08 Å². The second-order valence-electron chi connectivity index (χ2n) is 23.8. The second kappa shape index (κ2) is 58.8. The molecular formula is C68H129N2O6P. The minimum Gasteiger partial charge on any atom is -0.756 e. The molecule has 8 nitrogen and oxygen atoms in total. The van der Waals surface area contributed by atoms with Crippen LogP contribution in [0.15, 0.2) is 60.8 Å². The molecule has 3 atom stereocenters. The molecule has 0 heterocycles. The van der Waals surface area contributed by atoms with Gasteiger partial charge in [0.2, 0.25) is 5.91 Å². The molecule has 3 unspecified atom stereocenters. The van der Waals surface area contributed by atoms with Crippen molar-refractivity contribution in [3.05, 3.63) is 60.8 Å². The summed E-state index contributed by atoms with van der Waals surface area (Å²) in [6.45, 7) is 4.65. The first-order chi connectivity index (χ1) is 37.5. The fourth-order valence-electron chi connectivity index (χ4n) is 9.77. The average molecular weight is 1100 g/mol. The molecule has 0 rings (SSSR count). The molecule has 0 aromatic rings. The third-order valence-corrected chi connectivity index (χ3v) is 15.9. The molecule has 0 bridgehead atoms. The van der Waals surface area contributed by atoms with E-state index in [1.165, 1.54) is 244 Å². The number of likely N-dealkylation sites (N-methyl/N-ethyl adjacent to an activating group) is 1. The van der Waals surface area contributed by atoms with Gasteiger partial charge in [-0.2, -0.15) is 0 Å². The number of hydrogen-bond donors (Lipinski definition) is 2. The van der Waals surface area contributed by atoms with Gasteiger partial charge < -0.3 is 28.8 Å². The number of allylic oxidation sites excluding steroid dienone is 9. The third-order valence-electron chi connectivity index (χ3n) is 14.9. The zero-order valence-electron chi connectivity index (χ0n) is 51.7. The van der Waals surface area contributed by atoms with E-state index >= 15 is 0 Å². The summed E-state index contributed by atoms with van der Waals surface area (Å²) < 4.78 is 23.4. The standard InChI is InChI=1S/C68H129N2O6P/c1-6-8-10-12-14-16-18-20-22-24-26-28-30-32-34-36-37-39-41-43-45-47-49-51-53-55-57-59-61-67(71)66(65-76-77(73,74)75-64-63-70(3,4)5)69-68(72)62-60-58-56-54-52-50-48-46-44-42-40-38-35-33-31-29-27-25-23-21-19-17-15-13-11-9-7-2/h19,21,25,27,31,33,51,53,59,61,66-67,71H,6-18,20,22-24,26,28-30,32,34-50,52,54-58,60,62-65H2,1-5H3,(H-,69,72,73,74)/b21-19-,27-25-,33-31-,53-51+,61-59+. The van der Waals surface area contributed by atoms with Crippen LogP contribution >= 0.6 is 7.82 Å². The van der Waals surface area contributed by atoms with Gasteiger partial charge in [-0.05, 0) is 70.6 Å². The SMILES string of the molecule is CCCCCCC/C=C\C/C=C\C/C=C\CCCCCCCCCCCCCCC(=O)NC(COP(=O)([O-])OCC[N+](C)(C)C)C(O)/C=C/CC/C=C/CCCCCCCCCCCCCCCCCCCCCCCC. The molecule has 0 aromatic heterocycles. The van der Waals surface area contributed by atoms with Gasteiger partial charge in [0.05, 0.1) is 39.9 Å². The van der Waals surface area contributed by atoms with Gasteiger partial charge in [0, 0.05) is 6.42 Å². The van der Waals surface area contributed by atoms with Crippen LogP contribution in [-0.4, -0.2) is 68.5 Å². The Kier molecular flexibility index (Phi) is 57.5. The van der Waals surface area contributed by atoms with Crippen molar-refractivity contribution in [1.82, 2.24) is 5.32 Å². The fraction of sp³-hybridized carbons (Fsp3) is 0.838. The summed E-state index contributed by atoms with van der Waals surface area (Å²) in [5.41, 5.74) is 0. The van der Waals surface area contributed by atoms with E-state index in [9.17, 15) is 19.4 Å². The highest BCUT2D eigenvalue weighted by Crippen LogP contribution is 2.38. The first kappa shape index (κ1) is 75.2. The third kappa shape index (κ3) is 61.7. The van der Waals surface area contributed by atoms with Gasteiger partial charge in [0.15, 0.2) is 0 Å². The van der Waals surface area contributed by atoms with E-state index in [0.29, 0.717) is 17.4 Å². The lowest BCUT2D eigenvalue weighted by molar-refractivity contribution is -0.870. The number of phosphoric acid groups is 1. The van der Waals surface area contributed by atoms with Crippen LogP contribution in [-0.2, 0) is 18.4 Å².